The van der Waals surface area contributed by atoms with Crippen LogP contribution in [0, 0.1) is 11.8 Å². The van der Waals surface area contributed by atoms with Crippen LogP contribution in [-0.4, -0.2) is 37.1 Å². The monoisotopic (exact) mass is 400 g/mol. The van der Waals surface area contributed by atoms with E-state index in [1.807, 2.05) is 0 Å². The molecule has 0 N–H and O–H groups in total. The molecule has 154 valence electrons. The minimum Gasteiger partial charge on any atom is -0.475 e. The first-order chi connectivity index (χ1) is 14.5. The fourth-order valence-electron chi connectivity index (χ4n) is 4.18. The molecule has 0 unspecified atom stereocenters. The Hall–Kier alpha value is -2.88. The van der Waals surface area contributed by atoms with E-state index in [-0.39, 0.29) is 12.1 Å². The molecule has 30 heavy (non-hydrogen) atoms. The minimum atomic E-state index is 0.223. The lowest BCUT2D eigenvalue weighted by atomic mass is 9.96. The third-order valence-electron chi connectivity index (χ3n) is 6.23. The predicted octanol–water partition coefficient (Wildman–Crippen LogP) is 5.60. The molecule has 0 aromatic heterocycles. The number of rotatable bonds is 4. The summed E-state index contributed by atoms with van der Waals surface area (Å²) < 4.78 is 12.0. The van der Waals surface area contributed by atoms with Crippen LogP contribution < -0.4 is 0 Å². The van der Waals surface area contributed by atoms with E-state index in [1.54, 1.807) is 0 Å². The van der Waals surface area contributed by atoms with Crippen LogP contribution in [0.3, 0.4) is 0 Å². The van der Waals surface area contributed by atoms with Crippen LogP contribution in [-0.2, 0) is 9.47 Å². The Morgan fingerprint density at radius 2 is 1.17 bits per heavy atom. The normalized spacial score (nSPS) is 21.3. The summed E-state index contributed by atoms with van der Waals surface area (Å²) in [6.07, 6.45) is 0. The van der Waals surface area contributed by atoms with Crippen molar-refractivity contribution in [2.45, 2.75) is 39.8 Å². The highest BCUT2D eigenvalue weighted by molar-refractivity contribution is 6.15. The van der Waals surface area contributed by atoms with Gasteiger partial charge in [0.05, 0.1) is 12.1 Å². The van der Waals surface area contributed by atoms with E-state index < -0.39 is 0 Å². The predicted molar refractivity (Wildman–Crippen MR) is 124 cm³/mol. The zero-order valence-corrected chi connectivity index (χ0v) is 18.1. The fourth-order valence-corrected chi connectivity index (χ4v) is 4.18. The SMILES string of the molecule is CC(C)[C@H]1COC(c2cccc3cc4cccc(C5=N[C@@H](C(C)C)CO5)c4cc23)=N1. The van der Waals surface area contributed by atoms with Crippen LogP contribution in [0.15, 0.2) is 58.5 Å². The second-order valence-electron chi connectivity index (χ2n) is 9.02. The molecule has 0 bridgehead atoms. The molecule has 0 radical (unpaired) electrons. The van der Waals surface area contributed by atoms with E-state index in [0.717, 1.165) is 33.7 Å². The lowest BCUT2D eigenvalue weighted by molar-refractivity contribution is 0.292. The largest absolute Gasteiger partial charge is 0.475 e. The van der Waals surface area contributed by atoms with E-state index in [0.29, 0.717) is 25.0 Å². The van der Waals surface area contributed by atoms with Gasteiger partial charge >= 0.3 is 0 Å². The smallest absolute Gasteiger partial charge is 0.217 e. The molecule has 2 atom stereocenters. The number of hydrogen-bond donors (Lipinski definition) is 0. The molecule has 0 amide bonds. The van der Waals surface area contributed by atoms with Crippen molar-refractivity contribution in [3.8, 4) is 0 Å². The summed E-state index contributed by atoms with van der Waals surface area (Å²) >= 11 is 0. The average molecular weight is 401 g/mol. The number of benzene rings is 3. The summed E-state index contributed by atoms with van der Waals surface area (Å²) in [5, 5.41) is 4.68. The summed E-state index contributed by atoms with van der Waals surface area (Å²) in [6, 6.07) is 17.6. The van der Waals surface area contributed by atoms with Crippen molar-refractivity contribution in [3.05, 3.63) is 59.7 Å². The van der Waals surface area contributed by atoms with Crippen molar-refractivity contribution in [2.75, 3.05) is 13.2 Å². The Balaban J connectivity index is 1.67. The molecule has 0 saturated carbocycles. The molecule has 0 fully saturated rings. The van der Waals surface area contributed by atoms with Crippen LogP contribution in [0.1, 0.15) is 38.8 Å². The lowest BCUT2D eigenvalue weighted by Gasteiger charge is -2.11. The van der Waals surface area contributed by atoms with Gasteiger partial charge in [-0.3, -0.25) is 0 Å². The van der Waals surface area contributed by atoms with Gasteiger partial charge in [0.15, 0.2) is 0 Å². The van der Waals surface area contributed by atoms with Gasteiger partial charge in [-0.1, -0.05) is 52.0 Å². The van der Waals surface area contributed by atoms with Crippen LogP contribution in [0.2, 0.25) is 0 Å². The Kier molecular flexibility index (Phi) is 4.73. The number of aliphatic imine (C=N–C) groups is 2. The number of nitrogens with zero attached hydrogens (tertiary/aromatic N) is 2. The molecular formula is C26H28N2O2. The molecule has 2 heterocycles. The van der Waals surface area contributed by atoms with E-state index in [2.05, 4.69) is 76.2 Å². The van der Waals surface area contributed by atoms with Gasteiger partial charge < -0.3 is 9.47 Å². The summed E-state index contributed by atoms with van der Waals surface area (Å²) in [4.78, 5) is 9.73. The highest BCUT2D eigenvalue weighted by Gasteiger charge is 2.26. The van der Waals surface area contributed by atoms with Gasteiger partial charge in [0.25, 0.3) is 0 Å². The summed E-state index contributed by atoms with van der Waals surface area (Å²) in [5.74, 6) is 2.45. The number of ether oxygens (including phenoxy) is 2. The first-order valence-electron chi connectivity index (χ1n) is 10.9. The number of fused-ring (bicyclic) bond motifs is 2. The fraction of sp³-hybridized carbons (Fsp3) is 0.385. The molecule has 2 aliphatic heterocycles. The molecule has 4 heteroatoms. The summed E-state index contributed by atoms with van der Waals surface area (Å²) in [6.45, 7) is 10.1. The molecule has 3 aromatic carbocycles. The Bertz CT molecular complexity index is 1090. The van der Waals surface area contributed by atoms with Crippen LogP contribution in [0.5, 0.6) is 0 Å². The van der Waals surface area contributed by atoms with Gasteiger partial charge in [-0.25, -0.2) is 9.98 Å². The maximum atomic E-state index is 6.01. The van der Waals surface area contributed by atoms with Gasteiger partial charge in [0.1, 0.15) is 13.2 Å². The highest BCUT2D eigenvalue weighted by Crippen LogP contribution is 2.31. The van der Waals surface area contributed by atoms with Crippen molar-refractivity contribution in [3.63, 3.8) is 0 Å². The zero-order valence-electron chi connectivity index (χ0n) is 18.1. The topological polar surface area (TPSA) is 43.2 Å². The van der Waals surface area contributed by atoms with Crippen molar-refractivity contribution < 1.29 is 9.47 Å². The first kappa shape index (κ1) is 19.1. The molecule has 3 aromatic rings. The molecule has 4 nitrogen and oxygen atoms in total. The Morgan fingerprint density at radius 1 is 0.700 bits per heavy atom. The molecule has 0 spiro atoms. The third kappa shape index (κ3) is 3.24. The van der Waals surface area contributed by atoms with Crippen molar-refractivity contribution in [1.82, 2.24) is 0 Å². The van der Waals surface area contributed by atoms with E-state index in [1.165, 1.54) is 10.8 Å². The molecule has 0 aliphatic carbocycles. The van der Waals surface area contributed by atoms with E-state index >= 15 is 0 Å². The molecule has 0 saturated heterocycles. The maximum absolute atomic E-state index is 6.01. The van der Waals surface area contributed by atoms with Gasteiger partial charge in [-0.05, 0) is 57.6 Å². The van der Waals surface area contributed by atoms with Gasteiger partial charge in [-0.15, -0.1) is 0 Å². The number of hydrogen-bond acceptors (Lipinski definition) is 4. The van der Waals surface area contributed by atoms with Crippen molar-refractivity contribution >= 4 is 33.3 Å². The van der Waals surface area contributed by atoms with Crippen molar-refractivity contribution in [1.29, 1.82) is 0 Å². The summed E-state index contributed by atoms with van der Waals surface area (Å²) in [7, 11) is 0. The molecule has 5 rings (SSSR count). The second kappa shape index (κ2) is 7.42. The van der Waals surface area contributed by atoms with Crippen molar-refractivity contribution in [2.24, 2.45) is 21.8 Å². The average Bonchev–Trinajstić information content (AvgIpc) is 3.41. The van der Waals surface area contributed by atoms with E-state index in [4.69, 9.17) is 19.5 Å². The minimum absolute atomic E-state index is 0.223. The summed E-state index contributed by atoms with van der Waals surface area (Å²) in [5.41, 5.74) is 2.11. The highest BCUT2D eigenvalue weighted by atomic mass is 16.5. The van der Waals surface area contributed by atoms with Gasteiger partial charge in [-0.2, -0.15) is 0 Å². The first-order valence-corrected chi connectivity index (χ1v) is 10.9. The van der Waals surface area contributed by atoms with Crippen LogP contribution in [0.25, 0.3) is 21.5 Å². The van der Waals surface area contributed by atoms with Gasteiger partial charge in [0, 0.05) is 11.1 Å². The Morgan fingerprint density at radius 3 is 1.57 bits per heavy atom. The second-order valence-corrected chi connectivity index (χ2v) is 9.02. The van der Waals surface area contributed by atoms with Crippen LogP contribution in [0.4, 0.5) is 0 Å². The third-order valence-corrected chi connectivity index (χ3v) is 6.23. The lowest BCUT2D eigenvalue weighted by Crippen LogP contribution is -2.13. The molecular weight excluding hydrogens is 372 g/mol. The quantitative estimate of drug-likeness (QED) is 0.535. The standard InChI is InChI=1S/C26H28N2O2/c1-15(2)23-13-29-25(27-23)19-9-5-7-17-11-18-8-6-10-20(22(18)12-21(17)19)26-28-24(14-30-26)16(3)4/h5-12,15-16,23-24H,13-14H2,1-4H3/t23-,24-/m1/s1. The van der Waals surface area contributed by atoms with Crippen LogP contribution >= 0.6 is 0 Å². The van der Waals surface area contributed by atoms with E-state index in [9.17, 15) is 0 Å². The Labute approximate surface area is 177 Å². The maximum Gasteiger partial charge on any atom is 0.217 e. The molecule has 2 aliphatic rings. The van der Waals surface area contributed by atoms with Gasteiger partial charge in [0.2, 0.25) is 11.8 Å². The zero-order chi connectivity index (χ0) is 20.8.